The van der Waals surface area contributed by atoms with Crippen molar-refractivity contribution in [1.82, 2.24) is 20.3 Å². The number of anilines is 2. The van der Waals surface area contributed by atoms with E-state index in [1.54, 1.807) is 12.5 Å². The molecule has 43 heavy (non-hydrogen) atoms. The molecular formula is C31H31N5O7. The largest absolute Gasteiger partial charge is 0.478 e. The number of fused-ring (bicyclic) bond motifs is 1. The van der Waals surface area contributed by atoms with Gasteiger partial charge in [0.2, 0.25) is 5.91 Å². The monoisotopic (exact) mass is 585 g/mol. The normalized spacial score (nSPS) is 10.8. The van der Waals surface area contributed by atoms with Crippen LogP contribution in [-0.4, -0.2) is 63.3 Å². The van der Waals surface area contributed by atoms with E-state index in [0.29, 0.717) is 30.3 Å². The van der Waals surface area contributed by atoms with Crippen LogP contribution in [0.3, 0.4) is 0 Å². The van der Waals surface area contributed by atoms with E-state index in [1.807, 2.05) is 74.5 Å². The first-order valence-corrected chi connectivity index (χ1v) is 12.9. The molecule has 2 aromatic carbocycles. The molecule has 0 aliphatic heterocycles. The van der Waals surface area contributed by atoms with Crippen LogP contribution >= 0.6 is 0 Å². The highest BCUT2D eigenvalue weighted by Gasteiger charge is 2.08. The first kappa shape index (κ1) is 31.9. The van der Waals surface area contributed by atoms with Gasteiger partial charge in [-0.15, -0.1) is 0 Å². The molecule has 1 amide bonds. The summed E-state index contributed by atoms with van der Waals surface area (Å²) in [5.41, 5.74) is 4.62. The zero-order chi connectivity index (χ0) is 31.2. The number of methoxy groups -OCH3 is 1. The lowest BCUT2D eigenvalue weighted by molar-refractivity contribution is -0.134. The third-order valence-electron chi connectivity index (χ3n) is 5.58. The number of hydrogen-bond acceptors (Lipinski definition) is 9. The average Bonchev–Trinajstić information content (AvgIpc) is 2.97. The number of carbonyl (C=O) groups excluding carboxylic acids is 1. The number of carboxylic acid groups (broad SMARTS) is 2. The van der Waals surface area contributed by atoms with Gasteiger partial charge in [0.05, 0.1) is 11.7 Å². The second-order valence-corrected chi connectivity index (χ2v) is 8.99. The lowest BCUT2D eigenvalue weighted by Crippen LogP contribution is -2.26. The zero-order valence-corrected chi connectivity index (χ0v) is 23.8. The highest BCUT2D eigenvalue weighted by molar-refractivity contribution is 5.92. The second-order valence-electron chi connectivity index (χ2n) is 8.99. The van der Waals surface area contributed by atoms with Crippen LogP contribution in [0.15, 0.2) is 79.3 Å². The van der Waals surface area contributed by atoms with Gasteiger partial charge in [-0.3, -0.25) is 9.78 Å². The van der Waals surface area contributed by atoms with Gasteiger partial charge in [-0.25, -0.2) is 19.6 Å². The fraction of sp³-hybridized carbons (Fsp3) is 0.161. The Hall–Kier alpha value is -5.62. The number of aliphatic carboxylic acids is 2. The number of aromatic nitrogens is 3. The van der Waals surface area contributed by atoms with Crippen molar-refractivity contribution in [2.24, 2.45) is 0 Å². The number of amides is 1. The van der Waals surface area contributed by atoms with Crippen molar-refractivity contribution >= 4 is 46.3 Å². The molecule has 0 saturated heterocycles. The van der Waals surface area contributed by atoms with Crippen molar-refractivity contribution in [2.75, 3.05) is 25.6 Å². The van der Waals surface area contributed by atoms with Gasteiger partial charge in [-0.2, -0.15) is 0 Å². The Labute approximate surface area is 247 Å². The van der Waals surface area contributed by atoms with E-state index in [4.69, 9.17) is 19.7 Å². The SMILES string of the molecule is COCC(=O)NCC=Cc1ccc2ncnc(Nc3ccc(Oc4ccc(C)nc4)c(C)c3)c2c1.O=C(O)C=CC(=O)O. The third kappa shape index (κ3) is 10.7. The number of rotatable bonds is 11. The maximum absolute atomic E-state index is 11.5. The number of hydrogen-bond donors (Lipinski definition) is 4. The highest BCUT2D eigenvalue weighted by Crippen LogP contribution is 2.30. The molecule has 0 saturated carbocycles. The van der Waals surface area contributed by atoms with Crippen LogP contribution in [-0.2, 0) is 19.1 Å². The molecule has 0 aliphatic carbocycles. The van der Waals surface area contributed by atoms with Crippen LogP contribution in [0.25, 0.3) is 17.0 Å². The van der Waals surface area contributed by atoms with E-state index in [1.165, 1.54) is 7.11 Å². The van der Waals surface area contributed by atoms with Gasteiger partial charge in [0.15, 0.2) is 0 Å². The van der Waals surface area contributed by atoms with Crippen molar-refractivity contribution < 1.29 is 34.1 Å². The van der Waals surface area contributed by atoms with Crippen LogP contribution in [0.1, 0.15) is 16.8 Å². The van der Waals surface area contributed by atoms with Gasteiger partial charge in [-0.1, -0.05) is 18.2 Å². The van der Waals surface area contributed by atoms with Crippen molar-refractivity contribution in [2.45, 2.75) is 13.8 Å². The summed E-state index contributed by atoms with van der Waals surface area (Å²) in [7, 11) is 1.49. The molecule has 222 valence electrons. The topological polar surface area (TPSA) is 173 Å². The number of benzene rings is 2. The number of carbonyl (C=O) groups is 3. The van der Waals surface area contributed by atoms with E-state index in [0.717, 1.165) is 39.2 Å². The molecule has 2 heterocycles. The number of nitrogens with one attached hydrogen (secondary N) is 2. The lowest BCUT2D eigenvalue weighted by Gasteiger charge is -2.12. The summed E-state index contributed by atoms with van der Waals surface area (Å²) < 4.78 is 10.8. The Kier molecular flexibility index (Phi) is 11.9. The molecule has 0 radical (unpaired) electrons. The summed E-state index contributed by atoms with van der Waals surface area (Å²) in [5, 5.41) is 22.7. The number of pyridine rings is 1. The zero-order valence-electron chi connectivity index (χ0n) is 23.8. The van der Waals surface area contributed by atoms with Gasteiger partial charge >= 0.3 is 11.9 Å². The molecule has 2 aromatic heterocycles. The van der Waals surface area contributed by atoms with E-state index >= 15 is 0 Å². The molecule has 4 aromatic rings. The molecule has 4 N–H and O–H groups in total. The molecular weight excluding hydrogens is 554 g/mol. The summed E-state index contributed by atoms with van der Waals surface area (Å²) >= 11 is 0. The second kappa shape index (κ2) is 16.0. The van der Waals surface area contributed by atoms with E-state index in [2.05, 4.69) is 25.6 Å². The number of aryl methyl sites for hydroxylation is 2. The molecule has 0 aliphatic rings. The van der Waals surface area contributed by atoms with Gasteiger partial charge < -0.3 is 30.3 Å². The predicted octanol–water partition coefficient (Wildman–Crippen LogP) is 4.67. The Bertz CT molecular complexity index is 1620. The summed E-state index contributed by atoms with van der Waals surface area (Å²) in [6.07, 6.45) is 8.20. The molecule has 0 bridgehead atoms. The minimum Gasteiger partial charge on any atom is -0.478 e. The van der Waals surface area contributed by atoms with Gasteiger partial charge in [0.1, 0.15) is 30.3 Å². The van der Waals surface area contributed by atoms with Gasteiger partial charge in [-0.05, 0) is 67.4 Å². The Balaban J connectivity index is 0.000000557. The van der Waals surface area contributed by atoms with Crippen molar-refractivity contribution in [1.29, 1.82) is 0 Å². The predicted molar refractivity (Wildman–Crippen MR) is 161 cm³/mol. The fourth-order valence-electron chi connectivity index (χ4n) is 3.59. The molecule has 0 fully saturated rings. The van der Waals surface area contributed by atoms with E-state index in [9.17, 15) is 14.4 Å². The summed E-state index contributed by atoms with van der Waals surface area (Å²) in [6.45, 7) is 4.40. The quantitative estimate of drug-likeness (QED) is 0.180. The maximum atomic E-state index is 11.5. The maximum Gasteiger partial charge on any atom is 0.328 e. The smallest absolute Gasteiger partial charge is 0.328 e. The Morgan fingerprint density at radius 2 is 1.70 bits per heavy atom. The van der Waals surface area contributed by atoms with Crippen molar-refractivity contribution in [3.63, 3.8) is 0 Å². The van der Waals surface area contributed by atoms with Crippen LogP contribution < -0.4 is 15.4 Å². The molecule has 0 atom stereocenters. The van der Waals surface area contributed by atoms with Crippen LogP contribution in [0.5, 0.6) is 11.5 Å². The third-order valence-corrected chi connectivity index (χ3v) is 5.58. The van der Waals surface area contributed by atoms with E-state index in [-0.39, 0.29) is 12.5 Å². The van der Waals surface area contributed by atoms with E-state index < -0.39 is 11.9 Å². The minimum atomic E-state index is -1.26. The summed E-state index contributed by atoms with van der Waals surface area (Å²) in [5.74, 6) is -0.508. The van der Waals surface area contributed by atoms with Crippen LogP contribution in [0.4, 0.5) is 11.5 Å². The Morgan fingerprint density at radius 1 is 0.930 bits per heavy atom. The number of ether oxygens (including phenoxy) is 2. The van der Waals surface area contributed by atoms with Gasteiger partial charge in [0.25, 0.3) is 0 Å². The molecule has 12 nitrogen and oxygen atoms in total. The number of nitrogens with zero attached hydrogens (tertiary/aromatic N) is 3. The number of carboxylic acids is 2. The van der Waals surface area contributed by atoms with Crippen molar-refractivity contribution in [3.05, 3.63) is 96.1 Å². The van der Waals surface area contributed by atoms with Crippen LogP contribution in [0.2, 0.25) is 0 Å². The van der Waals surface area contributed by atoms with Crippen LogP contribution in [0, 0.1) is 13.8 Å². The molecule has 0 spiro atoms. The first-order valence-electron chi connectivity index (χ1n) is 12.9. The minimum absolute atomic E-state index is 0.0475. The Morgan fingerprint density at radius 3 is 2.35 bits per heavy atom. The summed E-state index contributed by atoms with van der Waals surface area (Å²) in [6, 6.07) is 15.6. The van der Waals surface area contributed by atoms with Crippen molar-refractivity contribution in [3.8, 4) is 11.5 Å². The first-order chi connectivity index (χ1) is 20.6. The lowest BCUT2D eigenvalue weighted by atomic mass is 10.1. The standard InChI is InChI=1S/C27H27N5O3.C4H4O4/c1-18-13-21(8-11-25(18)35-22-9-6-19(2)29-15-22)32-27-23-14-20(7-10-24(23)30-17-31-27)5-4-12-28-26(33)16-34-3;5-3(6)1-2-4(7)8/h4-11,13-15,17H,12,16H2,1-3H3,(H,28,33)(H,30,31,32);1-2H,(H,5,6)(H,7,8). The average molecular weight is 586 g/mol. The van der Waals surface area contributed by atoms with Gasteiger partial charge in [0, 0.05) is 42.6 Å². The molecule has 0 unspecified atom stereocenters. The summed E-state index contributed by atoms with van der Waals surface area (Å²) in [4.78, 5) is 43.7. The molecule has 12 heteroatoms. The highest BCUT2D eigenvalue weighted by atomic mass is 16.5. The molecule has 4 rings (SSSR count). The fourth-order valence-corrected chi connectivity index (χ4v) is 3.59.